The van der Waals surface area contributed by atoms with Crippen LogP contribution in [0.1, 0.15) is 6.92 Å². The normalized spacial score (nSPS) is 14.8. The van der Waals surface area contributed by atoms with Crippen molar-refractivity contribution in [1.29, 1.82) is 0 Å². The van der Waals surface area contributed by atoms with Gasteiger partial charge in [0.05, 0.1) is 0 Å². The SMILES string of the molecule is CC[SH](C)c1ccccc1. The number of hydrogen-bond donors (Lipinski definition) is 1. The van der Waals surface area contributed by atoms with Crippen molar-refractivity contribution < 1.29 is 0 Å². The van der Waals surface area contributed by atoms with E-state index < -0.39 is 0 Å². The maximum atomic E-state index is 2.32. The molecular weight excluding hydrogens is 140 g/mol. The molecule has 0 aromatic heterocycles. The molecule has 0 fully saturated rings. The molecule has 0 saturated carbocycles. The van der Waals surface area contributed by atoms with E-state index in [9.17, 15) is 0 Å². The Bertz CT molecular complexity index is 181. The average Bonchev–Trinajstić information content (AvgIpc) is 2.05. The Hall–Kier alpha value is -0.430. The molecule has 1 aromatic rings. The van der Waals surface area contributed by atoms with Crippen LogP contribution in [0, 0.1) is 0 Å². The monoisotopic (exact) mass is 154 g/mol. The van der Waals surface area contributed by atoms with Crippen molar-refractivity contribution in [3.8, 4) is 0 Å². The zero-order valence-corrected chi connectivity index (χ0v) is 7.44. The lowest BCUT2D eigenvalue weighted by atomic mass is 10.4. The van der Waals surface area contributed by atoms with E-state index in [0.29, 0.717) is 0 Å². The summed E-state index contributed by atoms with van der Waals surface area (Å²) in [6, 6.07) is 10.7. The largest absolute Gasteiger partial charge is 0.230 e. The highest BCUT2D eigenvalue weighted by Gasteiger charge is 1.94. The lowest BCUT2D eigenvalue weighted by Crippen LogP contribution is -1.81. The highest BCUT2D eigenvalue weighted by Crippen LogP contribution is 2.30. The summed E-state index contributed by atoms with van der Waals surface area (Å²) in [5.74, 6) is 1.29. The maximum Gasteiger partial charge on any atom is -0.0128 e. The molecule has 0 bridgehead atoms. The third-order valence-electron chi connectivity index (χ3n) is 1.67. The smallest absolute Gasteiger partial charge is 0.0128 e. The van der Waals surface area contributed by atoms with Crippen LogP contribution in [0.4, 0.5) is 0 Å². The van der Waals surface area contributed by atoms with E-state index >= 15 is 0 Å². The van der Waals surface area contributed by atoms with Crippen LogP contribution in [0.25, 0.3) is 0 Å². The van der Waals surface area contributed by atoms with E-state index in [-0.39, 0.29) is 10.9 Å². The molecule has 56 valence electrons. The predicted octanol–water partition coefficient (Wildman–Crippen LogP) is 2.70. The van der Waals surface area contributed by atoms with Gasteiger partial charge >= 0.3 is 0 Å². The molecule has 0 aliphatic heterocycles. The van der Waals surface area contributed by atoms with Crippen LogP contribution in [0.3, 0.4) is 0 Å². The van der Waals surface area contributed by atoms with Crippen LogP contribution in [-0.2, 0) is 0 Å². The van der Waals surface area contributed by atoms with Crippen LogP contribution < -0.4 is 0 Å². The first-order valence-electron chi connectivity index (χ1n) is 3.60. The van der Waals surface area contributed by atoms with E-state index in [1.54, 1.807) is 0 Å². The Morgan fingerprint density at radius 3 is 2.30 bits per heavy atom. The van der Waals surface area contributed by atoms with Crippen molar-refractivity contribution in [3.63, 3.8) is 0 Å². The number of hydrogen-bond acceptors (Lipinski definition) is 0. The van der Waals surface area contributed by atoms with Gasteiger partial charge in [0.1, 0.15) is 0 Å². The third-order valence-corrected chi connectivity index (χ3v) is 3.80. The third kappa shape index (κ3) is 1.77. The van der Waals surface area contributed by atoms with Crippen molar-refractivity contribution in [1.82, 2.24) is 0 Å². The Balaban J connectivity index is 2.75. The Morgan fingerprint density at radius 1 is 1.20 bits per heavy atom. The van der Waals surface area contributed by atoms with Crippen molar-refractivity contribution in [2.75, 3.05) is 12.0 Å². The van der Waals surface area contributed by atoms with Gasteiger partial charge in [0.2, 0.25) is 0 Å². The molecule has 0 aliphatic rings. The van der Waals surface area contributed by atoms with Gasteiger partial charge in [0, 0.05) is 0 Å². The zero-order chi connectivity index (χ0) is 7.40. The zero-order valence-electron chi connectivity index (χ0n) is 6.54. The minimum Gasteiger partial charge on any atom is -0.230 e. The van der Waals surface area contributed by atoms with Gasteiger partial charge in [-0.1, -0.05) is 37.3 Å². The molecule has 0 amide bonds. The summed E-state index contributed by atoms with van der Waals surface area (Å²) in [6.07, 6.45) is 2.32. The van der Waals surface area contributed by atoms with Crippen LogP contribution in [0.15, 0.2) is 35.2 Å². The van der Waals surface area contributed by atoms with Gasteiger partial charge in [0.25, 0.3) is 0 Å². The van der Waals surface area contributed by atoms with Gasteiger partial charge in [-0.15, -0.1) is 0 Å². The maximum absolute atomic E-state index is 2.32. The van der Waals surface area contributed by atoms with Crippen molar-refractivity contribution in [2.45, 2.75) is 11.8 Å². The summed E-state index contributed by atoms with van der Waals surface area (Å²) < 4.78 is 0. The number of thiol groups is 1. The minimum atomic E-state index is 0.127. The van der Waals surface area contributed by atoms with Crippen LogP contribution >= 0.6 is 10.9 Å². The van der Waals surface area contributed by atoms with Gasteiger partial charge in [-0.2, -0.15) is 0 Å². The molecule has 0 saturated heterocycles. The van der Waals surface area contributed by atoms with E-state index in [1.807, 2.05) is 0 Å². The Labute approximate surface area is 65.6 Å². The van der Waals surface area contributed by atoms with E-state index in [2.05, 4.69) is 43.5 Å². The molecule has 0 aliphatic carbocycles. The van der Waals surface area contributed by atoms with E-state index in [1.165, 1.54) is 10.6 Å². The fraction of sp³-hybridized carbons (Fsp3) is 0.333. The van der Waals surface area contributed by atoms with Gasteiger partial charge in [-0.3, -0.25) is 0 Å². The van der Waals surface area contributed by atoms with Crippen molar-refractivity contribution >= 4 is 10.9 Å². The first kappa shape index (κ1) is 7.67. The summed E-state index contributed by atoms with van der Waals surface area (Å²) >= 11 is 0. The van der Waals surface area contributed by atoms with Gasteiger partial charge in [-0.05, 0) is 16.9 Å². The second-order valence-electron chi connectivity index (χ2n) is 2.35. The number of rotatable bonds is 2. The van der Waals surface area contributed by atoms with Crippen LogP contribution in [-0.4, -0.2) is 12.0 Å². The molecule has 1 atom stereocenters. The summed E-state index contributed by atoms with van der Waals surface area (Å²) in [4.78, 5) is 1.51. The average molecular weight is 154 g/mol. The van der Waals surface area contributed by atoms with Crippen LogP contribution in [0.5, 0.6) is 0 Å². The molecule has 0 heterocycles. The summed E-state index contributed by atoms with van der Waals surface area (Å²) in [6.45, 7) is 2.25. The molecule has 0 radical (unpaired) electrons. The van der Waals surface area contributed by atoms with E-state index in [0.717, 1.165) is 0 Å². The second-order valence-corrected chi connectivity index (χ2v) is 4.89. The van der Waals surface area contributed by atoms with E-state index in [4.69, 9.17) is 0 Å². The highest BCUT2D eigenvalue weighted by atomic mass is 32.2. The molecule has 1 rings (SSSR count). The van der Waals surface area contributed by atoms with Gasteiger partial charge in [-0.25, -0.2) is 10.9 Å². The van der Waals surface area contributed by atoms with Crippen LogP contribution in [0.2, 0.25) is 0 Å². The van der Waals surface area contributed by atoms with Crippen molar-refractivity contribution in [2.24, 2.45) is 0 Å². The quantitative estimate of drug-likeness (QED) is 0.622. The number of benzene rings is 1. The molecule has 1 aromatic carbocycles. The molecule has 1 heteroatoms. The minimum absolute atomic E-state index is 0.127. The summed E-state index contributed by atoms with van der Waals surface area (Å²) in [5.41, 5.74) is 0. The standard InChI is InChI=1S/C9H14S/c1-3-10(2)9-7-5-4-6-8-9/h4-8,10H,3H2,1-2H3. The predicted molar refractivity (Wildman–Crippen MR) is 50.2 cm³/mol. The first-order valence-corrected chi connectivity index (χ1v) is 5.58. The summed E-state index contributed by atoms with van der Waals surface area (Å²) in [5, 5.41) is 0. The molecule has 10 heavy (non-hydrogen) atoms. The molecule has 0 nitrogen and oxygen atoms in total. The molecular formula is C9H14S. The first-order chi connectivity index (χ1) is 4.84. The Morgan fingerprint density at radius 2 is 1.80 bits per heavy atom. The fourth-order valence-corrected chi connectivity index (χ4v) is 1.91. The lowest BCUT2D eigenvalue weighted by Gasteiger charge is -2.12. The second kappa shape index (κ2) is 3.67. The molecule has 1 unspecified atom stereocenters. The highest BCUT2D eigenvalue weighted by molar-refractivity contribution is 8.16. The Kier molecular flexibility index (Phi) is 2.82. The van der Waals surface area contributed by atoms with Gasteiger partial charge < -0.3 is 0 Å². The molecule has 0 spiro atoms. The van der Waals surface area contributed by atoms with Gasteiger partial charge in [0.15, 0.2) is 0 Å². The molecule has 0 N–H and O–H groups in total. The lowest BCUT2D eigenvalue weighted by molar-refractivity contribution is 1.41. The topological polar surface area (TPSA) is 0 Å². The fourth-order valence-electron chi connectivity index (χ4n) is 0.865. The van der Waals surface area contributed by atoms with Crippen molar-refractivity contribution in [3.05, 3.63) is 30.3 Å². The summed E-state index contributed by atoms with van der Waals surface area (Å²) in [7, 11) is 0.127.